The molecular weight excluding hydrogens is 402 g/mol. The summed E-state index contributed by atoms with van der Waals surface area (Å²) in [5.74, 6) is 1.36. The molecule has 4 aromatic rings. The van der Waals surface area contributed by atoms with E-state index in [1.165, 1.54) is 0 Å². The molecule has 0 unspecified atom stereocenters. The summed E-state index contributed by atoms with van der Waals surface area (Å²) >= 11 is 0. The maximum Gasteiger partial charge on any atom is 0.169 e. The Hall–Kier alpha value is -4.12. The monoisotopic (exact) mass is 427 g/mol. The van der Waals surface area contributed by atoms with E-state index in [0.29, 0.717) is 11.5 Å². The van der Waals surface area contributed by atoms with Gasteiger partial charge in [-0.3, -0.25) is 0 Å². The van der Waals surface area contributed by atoms with Crippen molar-refractivity contribution in [3.05, 3.63) is 95.6 Å². The number of aryl methyl sites for hydroxylation is 3. The van der Waals surface area contributed by atoms with E-state index >= 15 is 0 Å². The molecule has 0 amide bonds. The molecule has 0 radical (unpaired) electrons. The zero-order valence-electron chi connectivity index (χ0n) is 18.2. The van der Waals surface area contributed by atoms with Crippen LogP contribution >= 0.6 is 0 Å². The largest absolute Gasteiger partial charge is 0.508 e. The van der Waals surface area contributed by atoms with Gasteiger partial charge in [-0.05, 0) is 86.0 Å². The molecule has 0 aliphatic heterocycles. The zero-order chi connectivity index (χ0) is 22.8. The van der Waals surface area contributed by atoms with Crippen molar-refractivity contribution in [3.63, 3.8) is 0 Å². The molecule has 0 heterocycles. The van der Waals surface area contributed by atoms with E-state index in [0.717, 1.165) is 33.8 Å². The number of aromatic hydroxyl groups is 3. The summed E-state index contributed by atoms with van der Waals surface area (Å²) in [5, 5.41) is 30.4. The SMILES string of the molecule is Cc1ccc(Oc2ccc(N(c3cc(O)ccc3C)c3cc(O)ccc3C)cc2)c(O)c1. The average Bonchev–Trinajstić information content (AvgIpc) is 2.76. The number of hydrogen-bond donors (Lipinski definition) is 3. The van der Waals surface area contributed by atoms with Gasteiger partial charge >= 0.3 is 0 Å². The molecule has 5 nitrogen and oxygen atoms in total. The summed E-state index contributed by atoms with van der Waals surface area (Å²) < 4.78 is 5.85. The highest BCUT2D eigenvalue weighted by atomic mass is 16.5. The number of phenols is 3. The fourth-order valence-electron chi connectivity index (χ4n) is 3.59. The third-order valence-corrected chi connectivity index (χ3v) is 5.30. The normalized spacial score (nSPS) is 10.7. The lowest BCUT2D eigenvalue weighted by molar-refractivity contribution is 0.411. The zero-order valence-corrected chi connectivity index (χ0v) is 18.2. The Morgan fingerprint density at radius 2 is 1.19 bits per heavy atom. The Kier molecular flexibility index (Phi) is 5.65. The van der Waals surface area contributed by atoms with Crippen molar-refractivity contribution in [3.8, 4) is 28.7 Å². The fourth-order valence-corrected chi connectivity index (χ4v) is 3.59. The summed E-state index contributed by atoms with van der Waals surface area (Å²) in [7, 11) is 0. The van der Waals surface area contributed by atoms with Crippen molar-refractivity contribution in [1.82, 2.24) is 0 Å². The highest BCUT2D eigenvalue weighted by Crippen LogP contribution is 2.41. The molecule has 0 aliphatic rings. The van der Waals surface area contributed by atoms with Crippen LogP contribution in [-0.4, -0.2) is 15.3 Å². The van der Waals surface area contributed by atoms with Gasteiger partial charge in [0.05, 0.1) is 11.4 Å². The molecule has 0 aromatic heterocycles. The Bertz CT molecular complexity index is 1210. The molecule has 0 saturated carbocycles. The van der Waals surface area contributed by atoms with Crippen LogP contribution in [0.15, 0.2) is 78.9 Å². The average molecular weight is 428 g/mol. The molecular formula is C27H25NO4. The van der Waals surface area contributed by atoms with Gasteiger partial charge in [0.1, 0.15) is 17.2 Å². The van der Waals surface area contributed by atoms with Crippen molar-refractivity contribution < 1.29 is 20.1 Å². The van der Waals surface area contributed by atoms with Crippen LogP contribution in [0, 0.1) is 20.8 Å². The smallest absolute Gasteiger partial charge is 0.169 e. The molecule has 0 atom stereocenters. The van der Waals surface area contributed by atoms with Crippen LogP contribution in [-0.2, 0) is 0 Å². The van der Waals surface area contributed by atoms with Crippen LogP contribution < -0.4 is 9.64 Å². The molecule has 0 bridgehead atoms. The van der Waals surface area contributed by atoms with Gasteiger partial charge < -0.3 is 25.0 Å². The minimum atomic E-state index is 0.0847. The predicted octanol–water partition coefficient (Wildman–Crippen LogP) is 6.99. The number of anilines is 3. The number of rotatable bonds is 5. The van der Waals surface area contributed by atoms with E-state index in [2.05, 4.69) is 0 Å². The predicted molar refractivity (Wildman–Crippen MR) is 127 cm³/mol. The topological polar surface area (TPSA) is 73.2 Å². The number of phenolic OH excluding ortho intramolecular Hbond substituents is 3. The van der Waals surface area contributed by atoms with Gasteiger partial charge in [-0.1, -0.05) is 18.2 Å². The Morgan fingerprint density at radius 1 is 0.625 bits per heavy atom. The van der Waals surface area contributed by atoms with Gasteiger partial charge in [-0.2, -0.15) is 0 Å². The van der Waals surface area contributed by atoms with Gasteiger partial charge in [0.15, 0.2) is 11.5 Å². The Labute approximate surface area is 187 Å². The van der Waals surface area contributed by atoms with Crippen molar-refractivity contribution in [2.24, 2.45) is 0 Å². The Balaban J connectivity index is 1.76. The molecule has 5 heteroatoms. The minimum absolute atomic E-state index is 0.0847. The first-order valence-electron chi connectivity index (χ1n) is 10.3. The summed E-state index contributed by atoms with van der Waals surface area (Å²) in [4.78, 5) is 1.98. The van der Waals surface area contributed by atoms with E-state index in [9.17, 15) is 15.3 Å². The lowest BCUT2D eigenvalue weighted by Gasteiger charge is -2.28. The molecule has 0 fully saturated rings. The maximum absolute atomic E-state index is 10.1. The van der Waals surface area contributed by atoms with E-state index in [1.54, 1.807) is 36.4 Å². The number of benzene rings is 4. The highest BCUT2D eigenvalue weighted by Gasteiger charge is 2.18. The fraction of sp³-hybridized carbons (Fsp3) is 0.111. The molecule has 4 rings (SSSR count). The van der Waals surface area contributed by atoms with Crippen LogP contribution in [0.25, 0.3) is 0 Å². The van der Waals surface area contributed by atoms with Gasteiger partial charge in [0, 0.05) is 17.8 Å². The third-order valence-electron chi connectivity index (χ3n) is 5.30. The second kappa shape index (κ2) is 8.55. The number of nitrogens with zero attached hydrogens (tertiary/aromatic N) is 1. The molecule has 0 saturated heterocycles. The van der Waals surface area contributed by atoms with Gasteiger partial charge in [0.25, 0.3) is 0 Å². The van der Waals surface area contributed by atoms with Crippen molar-refractivity contribution in [2.45, 2.75) is 20.8 Å². The van der Waals surface area contributed by atoms with Gasteiger partial charge in [-0.25, -0.2) is 0 Å². The molecule has 0 spiro atoms. The lowest BCUT2D eigenvalue weighted by Crippen LogP contribution is -2.12. The molecule has 3 N–H and O–H groups in total. The summed E-state index contributed by atoms with van der Waals surface area (Å²) in [6.07, 6.45) is 0. The quantitative estimate of drug-likeness (QED) is 0.320. The third kappa shape index (κ3) is 4.32. The molecule has 4 aromatic carbocycles. The lowest BCUT2D eigenvalue weighted by atomic mass is 10.1. The van der Waals surface area contributed by atoms with Crippen LogP contribution in [0.3, 0.4) is 0 Å². The minimum Gasteiger partial charge on any atom is -0.508 e. The van der Waals surface area contributed by atoms with Crippen LogP contribution in [0.4, 0.5) is 17.1 Å². The van der Waals surface area contributed by atoms with Crippen LogP contribution in [0.5, 0.6) is 28.7 Å². The van der Waals surface area contributed by atoms with Gasteiger partial charge in [0.2, 0.25) is 0 Å². The second-order valence-corrected chi connectivity index (χ2v) is 7.84. The van der Waals surface area contributed by atoms with Crippen molar-refractivity contribution in [1.29, 1.82) is 0 Å². The molecule has 32 heavy (non-hydrogen) atoms. The van der Waals surface area contributed by atoms with Crippen LogP contribution in [0.2, 0.25) is 0 Å². The second-order valence-electron chi connectivity index (χ2n) is 7.84. The maximum atomic E-state index is 10.1. The van der Waals surface area contributed by atoms with Crippen LogP contribution in [0.1, 0.15) is 16.7 Å². The summed E-state index contributed by atoms with van der Waals surface area (Å²) in [6.45, 7) is 5.84. The highest BCUT2D eigenvalue weighted by molar-refractivity contribution is 5.81. The molecule has 0 aliphatic carbocycles. The first-order valence-corrected chi connectivity index (χ1v) is 10.3. The summed E-state index contributed by atoms with van der Waals surface area (Å²) in [6, 6.07) is 23.1. The van der Waals surface area contributed by atoms with E-state index in [4.69, 9.17) is 4.74 Å². The van der Waals surface area contributed by atoms with E-state index < -0.39 is 0 Å². The number of hydrogen-bond acceptors (Lipinski definition) is 5. The summed E-state index contributed by atoms with van der Waals surface area (Å²) in [5.41, 5.74) is 5.30. The van der Waals surface area contributed by atoms with Gasteiger partial charge in [-0.15, -0.1) is 0 Å². The van der Waals surface area contributed by atoms with Crippen molar-refractivity contribution in [2.75, 3.05) is 4.90 Å². The Morgan fingerprint density at radius 3 is 1.72 bits per heavy atom. The van der Waals surface area contributed by atoms with E-state index in [1.807, 2.05) is 68.1 Å². The first kappa shape index (κ1) is 21.1. The first-order chi connectivity index (χ1) is 15.3. The standard InChI is InChI=1S/C27H25NO4/c1-17-4-13-27(26(31)14-17)32-23-11-7-20(8-12-23)28(24-15-21(29)9-5-18(24)2)25-16-22(30)10-6-19(25)3/h4-16,29-31H,1-3H3. The van der Waals surface area contributed by atoms with Crippen molar-refractivity contribution >= 4 is 17.1 Å². The molecule has 162 valence electrons. The number of ether oxygens (including phenoxy) is 1. The van der Waals surface area contributed by atoms with E-state index in [-0.39, 0.29) is 17.2 Å².